The van der Waals surface area contributed by atoms with Crippen molar-refractivity contribution in [3.63, 3.8) is 0 Å². The van der Waals surface area contributed by atoms with Crippen molar-refractivity contribution in [2.45, 2.75) is 25.2 Å². The highest BCUT2D eigenvalue weighted by Crippen LogP contribution is 2.35. The van der Waals surface area contributed by atoms with Gasteiger partial charge in [0.2, 0.25) is 0 Å². The highest BCUT2D eigenvalue weighted by Gasteiger charge is 2.38. The number of cyclic esters (lactones) is 2. The largest absolute Gasteiger partial charge is 0.393 e. The van der Waals surface area contributed by atoms with Crippen LogP contribution in [0.5, 0.6) is 0 Å². The summed E-state index contributed by atoms with van der Waals surface area (Å²) >= 11 is 5.79. The van der Waals surface area contributed by atoms with Gasteiger partial charge in [0.05, 0.1) is 12.8 Å². The lowest BCUT2D eigenvalue weighted by Crippen LogP contribution is -2.36. The molecule has 3 nitrogen and oxygen atoms in total. The predicted octanol–water partition coefficient (Wildman–Crippen LogP) is 2.46. The van der Waals surface area contributed by atoms with Gasteiger partial charge in [0.25, 0.3) is 0 Å². The summed E-state index contributed by atoms with van der Waals surface area (Å²) in [6.07, 6.45) is 0.445. The number of hydrogen-bond donors (Lipinski definition) is 0. The van der Waals surface area contributed by atoms with Gasteiger partial charge in [0.15, 0.2) is 0 Å². The van der Waals surface area contributed by atoms with Crippen molar-refractivity contribution in [3.8, 4) is 0 Å². The molecule has 1 aromatic carbocycles. The van der Waals surface area contributed by atoms with Crippen LogP contribution >= 0.6 is 11.6 Å². The normalized spacial score (nSPS) is 19.4. The van der Waals surface area contributed by atoms with Gasteiger partial charge in [-0.3, -0.25) is 9.59 Å². The molecule has 0 N–H and O–H groups in total. The van der Waals surface area contributed by atoms with E-state index in [0.29, 0.717) is 5.02 Å². The van der Waals surface area contributed by atoms with Gasteiger partial charge in [0.1, 0.15) is 0 Å². The van der Waals surface area contributed by atoms with Crippen molar-refractivity contribution >= 4 is 23.5 Å². The van der Waals surface area contributed by atoms with Crippen molar-refractivity contribution in [1.82, 2.24) is 0 Å². The monoisotopic (exact) mass is 238 g/mol. The molecule has 0 radical (unpaired) electrons. The molecule has 16 heavy (non-hydrogen) atoms. The SMILES string of the molecule is CC1(c2ccc(Cl)cc2)CC(=O)OC(=O)C1. The molecule has 84 valence electrons. The molecule has 0 saturated carbocycles. The molecule has 4 heteroatoms. The number of ether oxygens (including phenoxy) is 1. The van der Waals surface area contributed by atoms with E-state index >= 15 is 0 Å². The van der Waals surface area contributed by atoms with Gasteiger partial charge >= 0.3 is 11.9 Å². The summed E-state index contributed by atoms with van der Waals surface area (Å²) in [4.78, 5) is 22.5. The second-order valence-corrected chi connectivity index (χ2v) is 4.70. The van der Waals surface area contributed by atoms with Crippen LogP contribution in [-0.2, 0) is 19.7 Å². The molecule has 0 atom stereocenters. The molecule has 1 fully saturated rings. The average molecular weight is 239 g/mol. The highest BCUT2D eigenvalue weighted by atomic mass is 35.5. The van der Waals surface area contributed by atoms with E-state index in [0.717, 1.165) is 5.56 Å². The van der Waals surface area contributed by atoms with Gasteiger partial charge in [-0.2, -0.15) is 0 Å². The fourth-order valence-electron chi connectivity index (χ4n) is 1.96. The third kappa shape index (κ3) is 2.09. The maximum Gasteiger partial charge on any atom is 0.314 e. The lowest BCUT2D eigenvalue weighted by Gasteiger charge is -2.31. The van der Waals surface area contributed by atoms with E-state index in [9.17, 15) is 9.59 Å². The smallest absolute Gasteiger partial charge is 0.314 e. The van der Waals surface area contributed by atoms with Crippen LogP contribution in [-0.4, -0.2) is 11.9 Å². The van der Waals surface area contributed by atoms with E-state index in [4.69, 9.17) is 11.6 Å². The van der Waals surface area contributed by atoms with E-state index in [1.54, 1.807) is 12.1 Å². The Morgan fingerprint density at radius 1 is 1.12 bits per heavy atom. The van der Waals surface area contributed by atoms with Gasteiger partial charge in [0, 0.05) is 10.4 Å². The summed E-state index contributed by atoms with van der Waals surface area (Å²) in [6, 6.07) is 7.20. The molecular weight excluding hydrogens is 228 g/mol. The Morgan fingerprint density at radius 2 is 1.62 bits per heavy atom. The first-order valence-corrected chi connectivity index (χ1v) is 5.37. The van der Waals surface area contributed by atoms with Gasteiger partial charge < -0.3 is 4.74 Å². The maximum atomic E-state index is 11.3. The number of esters is 2. The molecule has 0 unspecified atom stereocenters. The Kier molecular flexibility index (Phi) is 2.72. The summed E-state index contributed by atoms with van der Waals surface area (Å²) in [5.41, 5.74) is 0.457. The summed E-state index contributed by atoms with van der Waals surface area (Å²) in [5.74, 6) is -0.928. The first-order valence-electron chi connectivity index (χ1n) is 4.99. The van der Waals surface area contributed by atoms with Crippen molar-refractivity contribution < 1.29 is 14.3 Å². The van der Waals surface area contributed by atoms with E-state index < -0.39 is 17.4 Å². The van der Waals surface area contributed by atoms with Crippen molar-refractivity contribution in [2.24, 2.45) is 0 Å². The molecular formula is C12H11ClO3. The maximum absolute atomic E-state index is 11.3. The molecule has 1 aliphatic rings. The Hall–Kier alpha value is -1.35. The van der Waals surface area contributed by atoms with E-state index in [1.165, 1.54) is 0 Å². The van der Waals surface area contributed by atoms with Crippen LogP contribution in [0.4, 0.5) is 0 Å². The van der Waals surface area contributed by atoms with Crippen LogP contribution in [0.2, 0.25) is 5.02 Å². The topological polar surface area (TPSA) is 43.4 Å². The summed E-state index contributed by atoms with van der Waals surface area (Å²) in [5, 5.41) is 0.636. The second kappa shape index (κ2) is 3.91. The quantitative estimate of drug-likeness (QED) is 0.558. The van der Waals surface area contributed by atoms with Crippen LogP contribution in [0.3, 0.4) is 0 Å². The number of benzene rings is 1. The molecule has 0 aromatic heterocycles. The van der Waals surface area contributed by atoms with E-state index in [2.05, 4.69) is 4.74 Å². The predicted molar refractivity (Wildman–Crippen MR) is 59.1 cm³/mol. The highest BCUT2D eigenvalue weighted by molar-refractivity contribution is 6.30. The van der Waals surface area contributed by atoms with Gasteiger partial charge in [-0.25, -0.2) is 0 Å². The molecule has 0 aliphatic carbocycles. The fraction of sp³-hybridized carbons (Fsp3) is 0.333. The molecule has 0 bridgehead atoms. The minimum atomic E-state index is -0.475. The summed E-state index contributed by atoms with van der Waals surface area (Å²) in [7, 11) is 0. The molecule has 2 rings (SSSR count). The van der Waals surface area contributed by atoms with Crippen molar-refractivity contribution in [1.29, 1.82) is 0 Å². The zero-order valence-electron chi connectivity index (χ0n) is 8.83. The fourth-order valence-corrected chi connectivity index (χ4v) is 2.08. The zero-order valence-corrected chi connectivity index (χ0v) is 9.58. The Bertz CT molecular complexity index is 420. The Labute approximate surface area is 98.4 Å². The lowest BCUT2D eigenvalue weighted by atomic mass is 9.76. The number of carbonyl (C=O) groups excluding carboxylic acids is 2. The molecule has 1 aliphatic heterocycles. The van der Waals surface area contributed by atoms with Crippen LogP contribution < -0.4 is 0 Å². The lowest BCUT2D eigenvalue weighted by molar-refractivity contribution is -0.166. The third-order valence-electron chi connectivity index (χ3n) is 2.84. The van der Waals surface area contributed by atoms with Crippen LogP contribution in [0.1, 0.15) is 25.3 Å². The summed E-state index contributed by atoms with van der Waals surface area (Å²) < 4.78 is 4.52. The third-order valence-corrected chi connectivity index (χ3v) is 3.09. The van der Waals surface area contributed by atoms with Gasteiger partial charge in [-0.1, -0.05) is 30.7 Å². The molecule has 1 heterocycles. The molecule has 1 aromatic rings. The molecule has 1 saturated heterocycles. The molecule has 0 spiro atoms. The van der Waals surface area contributed by atoms with Gasteiger partial charge in [-0.15, -0.1) is 0 Å². The average Bonchev–Trinajstić information content (AvgIpc) is 2.16. The van der Waals surface area contributed by atoms with Crippen molar-refractivity contribution in [3.05, 3.63) is 34.9 Å². The second-order valence-electron chi connectivity index (χ2n) is 4.27. The zero-order chi connectivity index (χ0) is 11.8. The van der Waals surface area contributed by atoms with Crippen LogP contribution in [0, 0.1) is 0 Å². The first-order chi connectivity index (χ1) is 7.49. The number of rotatable bonds is 1. The Balaban J connectivity index is 2.33. The van der Waals surface area contributed by atoms with Crippen LogP contribution in [0.15, 0.2) is 24.3 Å². The van der Waals surface area contributed by atoms with Gasteiger partial charge in [-0.05, 0) is 17.7 Å². The minimum absolute atomic E-state index is 0.223. The molecule has 0 amide bonds. The number of carbonyl (C=O) groups is 2. The van der Waals surface area contributed by atoms with E-state index in [1.807, 2.05) is 19.1 Å². The Morgan fingerprint density at radius 3 is 2.12 bits per heavy atom. The summed E-state index contributed by atoms with van der Waals surface area (Å²) in [6.45, 7) is 1.88. The standard InChI is InChI=1S/C12H11ClO3/c1-12(6-10(14)16-11(15)7-12)8-2-4-9(13)5-3-8/h2-5H,6-7H2,1H3. The minimum Gasteiger partial charge on any atom is -0.393 e. The number of halogens is 1. The van der Waals surface area contributed by atoms with Crippen LogP contribution in [0.25, 0.3) is 0 Å². The first kappa shape index (κ1) is 11.1. The number of hydrogen-bond acceptors (Lipinski definition) is 3. The van der Waals surface area contributed by atoms with E-state index in [-0.39, 0.29) is 12.8 Å². The van der Waals surface area contributed by atoms with Crippen molar-refractivity contribution in [2.75, 3.05) is 0 Å².